The largest absolute Gasteiger partial charge is 0.493 e. The zero-order chi connectivity index (χ0) is 15.0. The van der Waals surface area contributed by atoms with Gasteiger partial charge in [-0.25, -0.2) is 0 Å². The van der Waals surface area contributed by atoms with Gasteiger partial charge in [0, 0.05) is 17.2 Å². The van der Waals surface area contributed by atoms with E-state index in [-0.39, 0.29) is 11.4 Å². The van der Waals surface area contributed by atoms with Crippen molar-refractivity contribution in [2.45, 2.75) is 46.1 Å². The molecule has 0 fully saturated rings. The fraction of sp³-hybridized carbons (Fsp3) is 0.471. The van der Waals surface area contributed by atoms with E-state index in [9.17, 15) is 4.79 Å². The van der Waals surface area contributed by atoms with Crippen molar-refractivity contribution in [1.82, 2.24) is 5.32 Å². The van der Waals surface area contributed by atoms with E-state index in [4.69, 9.17) is 4.74 Å². The molecule has 1 aromatic carbocycles. The van der Waals surface area contributed by atoms with Gasteiger partial charge in [-0.1, -0.05) is 31.5 Å². The van der Waals surface area contributed by atoms with Crippen LogP contribution in [0.4, 0.5) is 0 Å². The van der Waals surface area contributed by atoms with Crippen LogP contribution in [-0.2, 0) is 4.79 Å². The number of rotatable bonds is 6. The summed E-state index contributed by atoms with van der Waals surface area (Å²) in [6, 6.07) is 7.75. The first-order valence-corrected chi connectivity index (χ1v) is 7.14. The van der Waals surface area contributed by atoms with Crippen molar-refractivity contribution >= 4 is 12.0 Å². The predicted molar refractivity (Wildman–Crippen MR) is 83.8 cm³/mol. The Morgan fingerprint density at radius 3 is 2.65 bits per heavy atom. The maximum atomic E-state index is 11.8. The first-order valence-electron chi connectivity index (χ1n) is 7.14. The molecule has 0 aliphatic heterocycles. The number of benzene rings is 1. The maximum Gasteiger partial charge on any atom is 0.244 e. The van der Waals surface area contributed by atoms with Crippen molar-refractivity contribution < 1.29 is 9.53 Å². The highest BCUT2D eigenvalue weighted by Crippen LogP contribution is 2.19. The lowest BCUT2D eigenvalue weighted by Gasteiger charge is -2.19. The summed E-state index contributed by atoms with van der Waals surface area (Å²) >= 11 is 0. The highest BCUT2D eigenvalue weighted by Gasteiger charge is 2.11. The lowest BCUT2D eigenvalue weighted by Crippen LogP contribution is -2.39. The molecule has 1 aromatic rings. The van der Waals surface area contributed by atoms with Crippen LogP contribution in [0.15, 0.2) is 30.3 Å². The summed E-state index contributed by atoms with van der Waals surface area (Å²) < 4.78 is 5.73. The summed E-state index contributed by atoms with van der Waals surface area (Å²) in [5, 5.41) is 2.89. The molecule has 0 aliphatic rings. The second-order valence-electron chi connectivity index (χ2n) is 5.81. The van der Waals surface area contributed by atoms with Gasteiger partial charge in [0.25, 0.3) is 0 Å². The normalized spacial score (nSPS) is 11.6. The monoisotopic (exact) mass is 275 g/mol. The molecular formula is C17H25NO2. The van der Waals surface area contributed by atoms with E-state index in [0.29, 0.717) is 6.61 Å². The molecule has 3 nitrogen and oxygen atoms in total. The molecule has 0 aliphatic carbocycles. The van der Waals surface area contributed by atoms with Crippen molar-refractivity contribution in [3.05, 3.63) is 35.9 Å². The third kappa shape index (κ3) is 6.41. The molecule has 1 N–H and O–H groups in total. The number of hydrogen-bond acceptors (Lipinski definition) is 2. The second-order valence-corrected chi connectivity index (χ2v) is 5.81. The van der Waals surface area contributed by atoms with E-state index in [1.165, 1.54) is 0 Å². The van der Waals surface area contributed by atoms with Gasteiger partial charge in [0.15, 0.2) is 0 Å². The van der Waals surface area contributed by atoms with Gasteiger partial charge in [-0.15, -0.1) is 0 Å². The van der Waals surface area contributed by atoms with Crippen LogP contribution >= 0.6 is 0 Å². The molecule has 0 bridgehead atoms. The van der Waals surface area contributed by atoms with Crippen LogP contribution in [0.1, 0.15) is 46.1 Å². The number of carbonyl (C=O) groups is 1. The van der Waals surface area contributed by atoms with Crippen LogP contribution in [0, 0.1) is 0 Å². The van der Waals surface area contributed by atoms with Crippen LogP contribution in [0.5, 0.6) is 5.75 Å². The fourth-order valence-electron chi connectivity index (χ4n) is 1.65. The van der Waals surface area contributed by atoms with Crippen molar-refractivity contribution in [1.29, 1.82) is 0 Å². The Hall–Kier alpha value is -1.77. The summed E-state index contributed by atoms with van der Waals surface area (Å²) in [5.41, 5.74) is 0.700. The summed E-state index contributed by atoms with van der Waals surface area (Å²) in [4.78, 5) is 11.8. The van der Waals surface area contributed by atoms with Gasteiger partial charge in [-0.2, -0.15) is 0 Å². The summed E-state index contributed by atoms with van der Waals surface area (Å²) in [5.74, 6) is 0.724. The predicted octanol–water partition coefficient (Wildman–Crippen LogP) is 3.79. The number of hydrogen-bond donors (Lipinski definition) is 1. The van der Waals surface area contributed by atoms with E-state index in [1.807, 2.05) is 45.0 Å². The molecule has 0 radical (unpaired) electrons. The lowest BCUT2D eigenvalue weighted by molar-refractivity contribution is -0.117. The molecule has 3 heteroatoms. The van der Waals surface area contributed by atoms with Gasteiger partial charge in [-0.05, 0) is 39.3 Å². The minimum atomic E-state index is -0.224. The molecule has 0 unspecified atom stereocenters. The van der Waals surface area contributed by atoms with Crippen LogP contribution in [0.3, 0.4) is 0 Å². The van der Waals surface area contributed by atoms with E-state index in [0.717, 1.165) is 24.2 Å². The maximum absolute atomic E-state index is 11.8. The van der Waals surface area contributed by atoms with E-state index in [2.05, 4.69) is 12.2 Å². The zero-order valence-corrected chi connectivity index (χ0v) is 12.9. The Bertz CT molecular complexity index is 458. The molecule has 110 valence electrons. The van der Waals surface area contributed by atoms with E-state index < -0.39 is 0 Å². The molecule has 1 rings (SSSR count). The van der Waals surface area contributed by atoms with Crippen molar-refractivity contribution in [2.75, 3.05) is 6.61 Å². The Balaban J connectivity index is 2.69. The Morgan fingerprint density at radius 1 is 1.30 bits per heavy atom. The van der Waals surface area contributed by atoms with Gasteiger partial charge in [0.2, 0.25) is 5.91 Å². The van der Waals surface area contributed by atoms with Crippen LogP contribution in [0.2, 0.25) is 0 Å². The minimum Gasteiger partial charge on any atom is -0.493 e. The van der Waals surface area contributed by atoms with E-state index in [1.54, 1.807) is 12.2 Å². The number of ether oxygens (including phenoxy) is 1. The van der Waals surface area contributed by atoms with Crippen molar-refractivity contribution in [3.63, 3.8) is 0 Å². The van der Waals surface area contributed by atoms with Crippen LogP contribution < -0.4 is 10.1 Å². The summed E-state index contributed by atoms with van der Waals surface area (Å²) in [6.07, 6.45) is 5.48. The molecule has 20 heavy (non-hydrogen) atoms. The molecular weight excluding hydrogens is 250 g/mol. The van der Waals surface area contributed by atoms with Crippen LogP contribution in [0.25, 0.3) is 6.08 Å². The van der Waals surface area contributed by atoms with E-state index >= 15 is 0 Å². The van der Waals surface area contributed by atoms with Gasteiger partial charge >= 0.3 is 0 Å². The molecule has 0 saturated heterocycles. The lowest BCUT2D eigenvalue weighted by atomic mass is 10.1. The van der Waals surface area contributed by atoms with Gasteiger partial charge < -0.3 is 10.1 Å². The molecule has 0 aromatic heterocycles. The summed E-state index contributed by atoms with van der Waals surface area (Å²) in [7, 11) is 0. The zero-order valence-electron chi connectivity index (χ0n) is 12.9. The molecule has 0 spiro atoms. The average molecular weight is 275 g/mol. The molecule has 0 atom stereocenters. The number of nitrogens with one attached hydrogen (secondary N) is 1. The first-order chi connectivity index (χ1) is 9.42. The SMILES string of the molecule is CCCCOc1ccccc1/C=C/C(=O)NC(C)(C)C. The van der Waals surface area contributed by atoms with Gasteiger partial charge in [0.1, 0.15) is 5.75 Å². The Kier molecular flexibility index (Phi) is 6.29. The van der Waals surface area contributed by atoms with Crippen LogP contribution in [-0.4, -0.2) is 18.1 Å². The van der Waals surface area contributed by atoms with Crippen molar-refractivity contribution in [2.24, 2.45) is 0 Å². The molecule has 0 heterocycles. The number of amides is 1. The smallest absolute Gasteiger partial charge is 0.244 e. The quantitative estimate of drug-likeness (QED) is 0.633. The topological polar surface area (TPSA) is 38.3 Å². The Morgan fingerprint density at radius 2 is 2.00 bits per heavy atom. The number of unbranched alkanes of at least 4 members (excludes halogenated alkanes) is 1. The Labute approximate surface area is 122 Å². The van der Waals surface area contributed by atoms with Crippen molar-refractivity contribution in [3.8, 4) is 5.75 Å². The fourth-order valence-corrected chi connectivity index (χ4v) is 1.65. The number of carbonyl (C=O) groups excluding carboxylic acids is 1. The average Bonchev–Trinajstić information content (AvgIpc) is 2.36. The summed E-state index contributed by atoms with van der Waals surface area (Å²) in [6.45, 7) is 8.71. The molecule has 1 amide bonds. The minimum absolute atomic E-state index is 0.0964. The standard InChI is InChI=1S/C17H25NO2/c1-5-6-13-20-15-10-8-7-9-14(15)11-12-16(19)18-17(2,3)4/h7-12H,5-6,13H2,1-4H3,(H,18,19)/b12-11+. The third-order valence-corrected chi connectivity index (χ3v) is 2.59. The second kappa shape index (κ2) is 7.73. The highest BCUT2D eigenvalue weighted by molar-refractivity contribution is 5.92. The number of para-hydroxylation sites is 1. The third-order valence-electron chi connectivity index (χ3n) is 2.59. The highest BCUT2D eigenvalue weighted by atomic mass is 16.5. The molecule has 0 saturated carbocycles. The van der Waals surface area contributed by atoms with Gasteiger partial charge in [-0.3, -0.25) is 4.79 Å². The van der Waals surface area contributed by atoms with Gasteiger partial charge in [0.05, 0.1) is 6.61 Å². The first kappa shape index (κ1) is 16.3.